The Kier molecular flexibility index (Phi) is 6.71. The van der Waals surface area contributed by atoms with Crippen LogP contribution in [0.5, 0.6) is 0 Å². The number of hydrogen-bond acceptors (Lipinski definition) is 4. The number of anilines is 1. The molecular formula is C29H27F3N6O. The van der Waals surface area contributed by atoms with Gasteiger partial charge in [-0.25, -0.2) is 9.50 Å². The van der Waals surface area contributed by atoms with E-state index in [1.54, 1.807) is 30.3 Å². The van der Waals surface area contributed by atoms with E-state index in [4.69, 9.17) is 0 Å². The topological polar surface area (TPSA) is 77.1 Å². The van der Waals surface area contributed by atoms with Gasteiger partial charge in [0.15, 0.2) is 11.3 Å². The third-order valence-corrected chi connectivity index (χ3v) is 6.50. The van der Waals surface area contributed by atoms with Gasteiger partial charge in [0.25, 0.3) is 5.91 Å². The van der Waals surface area contributed by atoms with Gasteiger partial charge in [0.05, 0.1) is 24.1 Å². The SMILES string of the molecule is Cc1cc(C)n(Cc2cccc(NC(=O)c3cnn4c(C(F)(F)F)cc(-c5ccc(C(C)C)cc5)nc34)c2)n1. The number of rotatable bonds is 6. The first kappa shape index (κ1) is 26.1. The van der Waals surface area contributed by atoms with E-state index >= 15 is 0 Å². The van der Waals surface area contributed by atoms with Gasteiger partial charge in [-0.05, 0) is 55.2 Å². The van der Waals surface area contributed by atoms with Crippen LogP contribution in [-0.4, -0.2) is 30.3 Å². The standard InChI is InChI=1S/C29H27F3N6O/c1-17(2)21-8-10-22(11-9-21)25-14-26(29(30,31)32)38-27(35-25)24(15-33-38)28(39)34-23-7-5-6-20(13-23)16-37-19(4)12-18(3)36-37/h5-15,17H,16H2,1-4H3,(H,34,39). The first-order valence-corrected chi connectivity index (χ1v) is 12.5. The Morgan fingerprint density at radius 3 is 2.41 bits per heavy atom. The summed E-state index contributed by atoms with van der Waals surface area (Å²) in [5, 5.41) is 11.1. The molecule has 3 heterocycles. The van der Waals surface area contributed by atoms with Gasteiger partial charge in [0, 0.05) is 16.9 Å². The molecule has 0 aliphatic rings. The molecule has 5 aromatic rings. The molecule has 39 heavy (non-hydrogen) atoms. The second-order valence-corrected chi connectivity index (χ2v) is 9.83. The average Bonchev–Trinajstić information content (AvgIpc) is 3.45. The highest BCUT2D eigenvalue weighted by atomic mass is 19.4. The van der Waals surface area contributed by atoms with Crippen LogP contribution in [-0.2, 0) is 12.7 Å². The van der Waals surface area contributed by atoms with Gasteiger partial charge in [-0.2, -0.15) is 23.4 Å². The summed E-state index contributed by atoms with van der Waals surface area (Å²) in [5.41, 5.74) is 3.73. The molecule has 0 spiro atoms. The number of aromatic nitrogens is 5. The van der Waals surface area contributed by atoms with Gasteiger partial charge in [0.2, 0.25) is 0 Å². The molecule has 0 saturated carbocycles. The van der Waals surface area contributed by atoms with Crippen LogP contribution in [0.2, 0.25) is 0 Å². The highest BCUT2D eigenvalue weighted by Gasteiger charge is 2.36. The van der Waals surface area contributed by atoms with Gasteiger partial charge in [-0.1, -0.05) is 50.2 Å². The smallest absolute Gasteiger partial charge is 0.322 e. The van der Waals surface area contributed by atoms with E-state index in [-0.39, 0.29) is 22.8 Å². The van der Waals surface area contributed by atoms with E-state index < -0.39 is 17.8 Å². The van der Waals surface area contributed by atoms with Crippen LogP contribution in [0.1, 0.15) is 58.3 Å². The molecule has 2 aromatic carbocycles. The molecule has 0 atom stereocenters. The zero-order valence-corrected chi connectivity index (χ0v) is 21.9. The molecule has 0 bridgehead atoms. The second kappa shape index (κ2) is 10.0. The number of halogens is 3. The number of fused-ring (bicyclic) bond motifs is 1. The van der Waals surface area contributed by atoms with Crippen LogP contribution in [0, 0.1) is 13.8 Å². The first-order chi connectivity index (χ1) is 18.5. The number of carbonyl (C=O) groups excluding carboxylic acids is 1. The maximum Gasteiger partial charge on any atom is 0.433 e. The van der Waals surface area contributed by atoms with E-state index in [9.17, 15) is 18.0 Å². The lowest BCUT2D eigenvalue weighted by atomic mass is 10.0. The molecule has 1 N–H and O–H groups in total. The van der Waals surface area contributed by atoms with Crippen LogP contribution < -0.4 is 5.32 Å². The average molecular weight is 533 g/mol. The second-order valence-electron chi connectivity index (χ2n) is 9.83. The summed E-state index contributed by atoms with van der Waals surface area (Å²) in [7, 11) is 0. The van der Waals surface area contributed by atoms with Crippen LogP contribution in [0.4, 0.5) is 18.9 Å². The van der Waals surface area contributed by atoms with Crippen molar-refractivity contribution >= 4 is 17.2 Å². The van der Waals surface area contributed by atoms with Crippen LogP contribution in [0.15, 0.2) is 66.9 Å². The molecule has 0 saturated heterocycles. The fourth-order valence-corrected chi connectivity index (χ4v) is 4.47. The molecule has 10 heteroatoms. The molecular weight excluding hydrogens is 505 g/mol. The Morgan fingerprint density at radius 2 is 1.77 bits per heavy atom. The van der Waals surface area contributed by atoms with Gasteiger partial charge >= 0.3 is 6.18 Å². The van der Waals surface area contributed by atoms with Crippen molar-refractivity contribution in [3.05, 3.63) is 101 Å². The van der Waals surface area contributed by atoms with Crippen LogP contribution >= 0.6 is 0 Å². The Hall–Kier alpha value is -4.47. The lowest BCUT2D eigenvalue weighted by Crippen LogP contribution is -2.16. The maximum atomic E-state index is 14.0. The van der Waals surface area contributed by atoms with Gasteiger partial charge in [0.1, 0.15) is 5.56 Å². The number of benzene rings is 2. The Balaban J connectivity index is 1.49. The summed E-state index contributed by atoms with van der Waals surface area (Å²) < 4.78 is 44.5. The van der Waals surface area contributed by atoms with Crippen molar-refractivity contribution < 1.29 is 18.0 Å². The third kappa shape index (κ3) is 5.41. The number of nitrogens with one attached hydrogen (secondary N) is 1. The molecule has 0 aliphatic heterocycles. The molecule has 0 radical (unpaired) electrons. The monoisotopic (exact) mass is 532 g/mol. The summed E-state index contributed by atoms with van der Waals surface area (Å²) in [6, 6.07) is 17.4. The molecule has 0 fully saturated rings. The first-order valence-electron chi connectivity index (χ1n) is 12.5. The highest BCUT2D eigenvalue weighted by molar-refractivity contribution is 6.08. The lowest BCUT2D eigenvalue weighted by Gasteiger charge is -2.12. The van der Waals surface area contributed by atoms with E-state index in [0.29, 0.717) is 22.3 Å². The summed E-state index contributed by atoms with van der Waals surface area (Å²) >= 11 is 0. The number of carbonyl (C=O) groups is 1. The van der Waals surface area contributed by atoms with Crippen molar-refractivity contribution in [2.75, 3.05) is 5.32 Å². The number of hydrogen-bond donors (Lipinski definition) is 1. The predicted molar refractivity (Wildman–Crippen MR) is 143 cm³/mol. The van der Waals surface area contributed by atoms with E-state index in [1.807, 2.05) is 56.6 Å². The van der Waals surface area contributed by atoms with Crippen molar-refractivity contribution in [3.8, 4) is 11.3 Å². The molecule has 7 nitrogen and oxygen atoms in total. The number of nitrogens with zero attached hydrogens (tertiary/aromatic N) is 5. The Labute approximate surface area is 223 Å². The summed E-state index contributed by atoms with van der Waals surface area (Å²) in [5.74, 6) is -0.335. The van der Waals surface area contributed by atoms with Gasteiger partial charge in [-0.15, -0.1) is 0 Å². The summed E-state index contributed by atoms with van der Waals surface area (Å²) in [6.07, 6.45) is -3.59. The van der Waals surface area contributed by atoms with Gasteiger partial charge in [-0.3, -0.25) is 9.48 Å². The highest BCUT2D eigenvalue weighted by Crippen LogP contribution is 2.33. The molecule has 0 aliphatic carbocycles. The zero-order valence-electron chi connectivity index (χ0n) is 21.9. The minimum absolute atomic E-state index is 0.0647. The van der Waals surface area contributed by atoms with Crippen LogP contribution in [0.25, 0.3) is 16.9 Å². The van der Waals surface area contributed by atoms with E-state index in [1.165, 1.54) is 0 Å². The van der Waals surface area contributed by atoms with E-state index in [2.05, 4.69) is 20.5 Å². The van der Waals surface area contributed by atoms with Crippen LogP contribution in [0.3, 0.4) is 0 Å². The largest absolute Gasteiger partial charge is 0.433 e. The quantitative estimate of drug-likeness (QED) is 0.266. The maximum absolute atomic E-state index is 14.0. The molecule has 200 valence electrons. The number of amides is 1. The fraction of sp³-hybridized carbons (Fsp3) is 0.241. The molecule has 3 aromatic heterocycles. The number of alkyl halides is 3. The Bertz CT molecular complexity index is 1670. The fourth-order valence-electron chi connectivity index (χ4n) is 4.47. The summed E-state index contributed by atoms with van der Waals surface area (Å²) in [4.78, 5) is 17.7. The predicted octanol–water partition coefficient (Wildman–Crippen LogP) is 6.65. The lowest BCUT2D eigenvalue weighted by molar-refractivity contribution is -0.142. The molecule has 1 amide bonds. The third-order valence-electron chi connectivity index (χ3n) is 6.50. The van der Waals surface area contributed by atoms with Crippen molar-refractivity contribution in [3.63, 3.8) is 0 Å². The summed E-state index contributed by atoms with van der Waals surface area (Å²) in [6.45, 7) is 8.46. The van der Waals surface area contributed by atoms with E-state index in [0.717, 1.165) is 34.8 Å². The van der Waals surface area contributed by atoms with Crippen molar-refractivity contribution in [2.45, 2.75) is 46.3 Å². The minimum atomic E-state index is -4.70. The number of aryl methyl sites for hydroxylation is 2. The molecule has 0 unspecified atom stereocenters. The van der Waals surface area contributed by atoms with Crippen molar-refractivity contribution in [1.82, 2.24) is 24.4 Å². The van der Waals surface area contributed by atoms with Crippen molar-refractivity contribution in [1.29, 1.82) is 0 Å². The minimum Gasteiger partial charge on any atom is -0.322 e. The van der Waals surface area contributed by atoms with Gasteiger partial charge < -0.3 is 5.32 Å². The zero-order chi connectivity index (χ0) is 27.9. The molecule has 5 rings (SSSR count). The van der Waals surface area contributed by atoms with Crippen molar-refractivity contribution in [2.24, 2.45) is 0 Å². The normalized spacial score (nSPS) is 11.9. The Morgan fingerprint density at radius 1 is 1.03 bits per heavy atom.